The summed E-state index contributed by atoms with van der Waals surface area (Å²) in [6.07, 6.45) is 2.77. The molecule has 0 aromatic carbocycles. The summed E-state index contributed by atoms with van der Waals surface area (Å²) >= 11 is 0. The molecule has 3 rings (SSSR count). The minimum absolute atomic E-state index is 0.273. The number of nitrogens with zero attached hydrogens (tertiary/aromatic N) is 4. The molecule has 0 spiro atoms. The van der Waals surface area contributed by atoms with Crippen LogP contribution in [0.1, 0.15) is 12.2 Å². The number of hydrogen-bond acceptors (Lipinski definition) is 5. The van der Waals surface area contributed by atoms with E-state index in [1.165, 1.54) is 0 Å². The zero-order valence-electron chi connectivity index (χ0n) is 11.8. The fourth-order valence-corrected chi connectivity index (χ4v) is 2.75. The van der Waals surface area contributed by atoms with E-state index in [4.69, 9.17) is 5.11 Å². The van der Waals surface area contributed by atoms with Crippen LogP contribution in [0, 0.1) is 6.92 Å². The van der Waals surface area contributed by atoms with Crippen molar-refractivity contribution in [2.75, 3.05) is 44.2 Å². The average molecular weight is 275 g/mol. The zero-order valence-corrected chi connectivity index (χ0v) is 11.8. The topological polar surface area (TPSA) is 68.3 Å². The van der Waals surface area contributed by atoms with Crippen LogP contribution in [0.15, 0.2) is 12.3 Å². The van der Waals surface area contributed by atoms with Gasteiger partial charge in [0.15, 0.2) is 0 Å². The molecule has 0 unspecified atom stereocenters. The second-order valence-electron chi connectivity index (χ2n) is 5.24. The quantitative estimate of drug-likeness (QED) is 0.862. The number of aliphatic hydroxyl groups is 1. The Balaban J connectivity index is 1.75. The van der Waals surface area contributed by atoms with Gasteiger partial charge in [0.05, 0.1) is 5.39 Å². The maximum Gasteiger partial charge on any atom is 0.143 e. The molecule has 108 valence electrons. The van der Waals surface area contributed by atoms with Crippen LogP contribution in [0.5, 0.6) is 0 Å². The van der Waals surface area contributed by atoms with Crippen molar-refractivity contribution in [2.45, 2.75) is 13.3 Å². The van der Waals surface area contributed by atoms with E-state index in [0.717, 1.165) is 61.8 Å². The molecule has 0 amide bonds. The molecular formula is C14H21N5O. The number of rotatable bonds is 4. The van der Waals surface area contributed by atoms with Gasteiger partial charge in [-0.05, 0) is 19.4 Å². The van der Waals surface area contributed by atoms with Crippen molar-refractivity contribution >= 4 is 16.9 Å². The van der Waals surface area contributed by atoms with Gasteiger partial charge in [-0.1, -0.05) is 0 Å². The Hall–Kier alpha value is -1.66. The fraction of sp³-hybridized carbons (Fsp3) is 0.571. The van der Waals surface area contributed by atoms with Crippen molar-refractivity contribution < 1.29 is 5.11 Å². The highest BCUT2D eigenvalue weighted by Crippen LogP contribution is 2.24. The van der Waals surface area contributed by atoms with Gasteiger partial charge in [-0.25, -0.2) is 9.97 Å². The lowest BCUT2D eigenvalue weighted by Crippen LogP contribution is -2.47. The van der Waals surface area contributed by atoms with Crippen LogP contribution >= 0.6 is 0 Å². The third kappa shape index (κ3) is 2.62. The smallest absolute Gasteiger partial charge is 0.143 e. The number of anilines is 1. The summed E-state index contributed by atoms with van der Waals surface area (Å²) < 4.78 is 0. The van der Waals surface area contributed by atoms with Gasteiger partial charge in [-0.15, -0.1) is 0 Å². The lowest BCUT2D eigenvalue weighted by molar-refractivity contribution is 0.216. The van der Waals surface area contributed by atoms with Crippen LogP contribution in [-0.4, -0.2) is 64.3 Å². The summed E-state index contributed by atoms with van der Waals surface area (Å²) in [6, 6.07) is 2.04. The third-order valence-corrected chi connectivity index (χ3v) is 3.81. The molecule has 6 nitrogen and oxygen atoms in total. The predicted molar refractivity (Wildman–Crippen MR) is 79.0 cm³/mol. The molecular weight excluding hydrogens is 254 g/mol. The molecule has 2 N–H and O–H groups in total. The van der Waals surface area contributed by atoms with Crippen LogP contribution in [0.25, 0.3) is 11.0 Å². The molecule has 6 heteroatoms. The molecule has 0 bridgehead atoms. The molecule has 0 aliphatic carbocycles. The maximum absolute atomic E-state index is 8.89. The number of H-pyrrole nitrogens is 1. The summed E-state index contributed by atoms with van der Waals surface area (Å²) in [4.78, 5) is 16.9. The summed E-state index contributed by atoms with van der Waals surface area (Å²) in [7, 11) is 0. The molecule has 1 aliphatic rings. The Morgan fingerprint density at radius 2 is 2.05 bits per heavy atom. The predicted octanol–water partition coefficient (Wildman–Crippen LogP) is 0.771. The van der Waals surface area contributed by atoms with Gasteiger partial charge < -0.3 is 15.0 Å². The Morgan fingerprint density at radius 3 is 2.80 bits per heavy atom. The number of hydrogen-bond donors (Lipinski definition) is 2. The Kier molecular flexibility index (Phi) is 3.84. The first-order valence-electron chi connectivity index (χ1n) is 7.18. The lowest BCUT2D eigenvalue weighted by Gasteiger charge is -2.35. The molecule has 0 radical (unpaired) electrons. The van der Waals surface area contributed by atoms with Crippen molar-refractivity contribution in [1.29, 1.82) is 0 Å². The van der Waals surface area contributed by atoms with Crippen LogP contribution in [0.2, 0.25) is 0 Å². The van der Waals surface area contributed by atoms with Crippen LogP contribution in [0.4, 0.5) is 5.82 Å². The second kappa shape index (κ2) is 5.76. The van der Waals surface area contributed by atoms with Gasteiger partial charge in [-0.3, -0.25) is 4.90 Å². The zero-order chi connectivity index (χ0) is 13.9. The summed E-state index contributed by atoms with van der Waals surface area (Å²) in [5.74, 6) is 1.84. The lowest BCUT2D eigenvalue weighted by atomic mass is 10.2. The first-order chi connectivity index (χ1) is 9.78. The van der Waals surface area contributed by atoms with E-state index >= 15 is 0 Å². The second-order valence-corrected chi connectivity index (χ2v) is 5.24. The highest BCUT2D eigenvalue weighted by Gasteiger charge is 2.20. The SMILES string of the molecule is Cc1nc(N2CCN(CCCO)CC2)c2cc[nH]c2n1. The fourth-order valence-electron chi connectivity index (χ4n) is 2.75. The Bertz CT molecular complexity index is 574. The molecule has 20 heavy (non-hydrogen) atoms. The Labute approximate surface area is 118 Å². The van der Waals surface area contributed by atoms with E-state index in [2.05, 4.69) is 24.8 Å². The molecule has 0 saturated carbocycles. The van der Waals surface area contributed by atoms with Crippen molar-refractivity contribution in [2.24, 2.45) is 0 Å². The minimum atomic E-state index is 0.273. The standard InChI is InChI=1S/C14H21N5O/c1-11-16-13-12(3-4-15-13)14(17-11)19-8-6-18(7-9-19)5-2-10-20/h3-4,20H,2,5-10H2,1H3,(H,15,16,17). The molecule has 2 aromatic heterocycles. The number of aromatic nitrogens is 3. The van der Waals surface area contributed by atoms with Crippen molar-refractivity contribution in [3.8, 4) is 0 Å². The van der Waals surface area contributed by atoms with E-state index in [-0.39, 0.29) is 6.61 Å². The largest absolute Gasteiger partial charge is 0.396 e. The molecule has 0 atom stereocenters. The Morgan fingerprint density at radius 1 is 1.25 bits per heavy atom. The van der Waals surface area contributed by atoms with Gasteiger partial charge >= 0.3 is 0 Å². The summed E-state index contributed by atoms with van der Waals surface area (Å²) in [6.45, 7) is 7.18. The maximum atomic E-state index is 8.89. The van der Waals surface area contributed by atoms with Gasteiger partial charge in [0.2, 0.25) is 0 Å². The van der Waals surface area contributed by atoms with E-state index in [0.29, 0.717) is 0 Å². The third-order valence-electron chi connectivity index (χ3n) is 3.81. The van der Waals surface area contributed by atoms with Crippen LogP contribution in [0.3, 0.4) is 0 Å². The summed E-state index contributed by atoms with van der Waals surface area (Å²) in [5.41, 5.74) is 0.912. The van der Waals surface area contributed by atoms with E-state index < -0.39 is 0 Å². The monoisotopic (exact) mass is 275 g/mol. The number of aliphatic hydroxyl groups excluding tert-OH is 1. The minimum Gasteiger partial charge on any atom is -0.396 e. The van der Waals surface area contributed by atoms with Crippen molar-refractivity contribution in [3.05, 3.63) is 18.1 Å². The molecule has 2 aromatic rings. The normalized spacial score (nSPS) is 17.0. The number of piperazine rings is 1. The van der Waals surface area contributed by atoms with Crippen molar-refractivity contribution in [3.63, 3.8) is 0 Å². The first kappa shape index (κ1) is 13.3. The highest BCUT2D eigenvalue weighted by molar-refractivity contribution is 5.87. The van der Waals surface area contributed by atoms with E-state index in [1.807, 2.05) is 19.2 Å². The number of fused-ring (bicyclic) bond motifs is 1. The number of nitrogens with one attached hydrogen (secondary N) is 1. The number of aromatic amines is 1. The first-order valence-corrected chi connectivity index (χ1v) is 7.18. The van der Waals surface area contributed by atoms with Gasteiger partial charge in [-0.2, -0.15) is 0 Å². The van der Waals surface area contributed by atoms with Crippen LogP contribution < -0.4 is 4.90 Å². The molecule has 3 heterocycles. The van der Waals surface area contributed by atoms with E-state index in [1.54, 1.807) is 0 Å². The number of aryl methyl sites for hydroxylation is 1. The highest BCUT2D eigenvalue weighted by atomic mass is 16.3. The van der Waals surface area contributed by atoms with Crippen molar-refractivity contribution in [1.82, 2.24) is 19.9 Å². The molecule has 1 aliphatic heterocycles. The van der Waals surface area contributed by atoms with Gasteiger partial charge in [0.25, 0.3) is 0 Å². The summed E-state index contributed by atoms with van der Waals surface area (Å²) in [5, 5.41) is 9.99. The van der Waals surface area contributed by atoms with E-state index in [9.17, 15) is 0 Å². The van der Waals surface area contributed by atoms with Gasteiger partial charge in [0.1, 0.15) is 17.3 Å². The van der Waals surface area contributed by atoms with Crippen LogP contribution in [-0.2, 0) is 0 Å². The average Bonchev–Trinajstić information content (AvgIpc) is 2.93. The molecule has 1 fully saturated rings. The molecule has 1 saturated heterocycles. The van der Waals surface area contributed by atoms with Gasteiger partial charge in [0, 0.05) is 45.5 Å².